The Hall–Kier alpha value is -1.71. The second kappa shape index (κ2) is 7.91. The third-order valence-electron chi connectivity index (χ3n) is 3.15. The summed E-state index contributed by atoms with van der Waals surface area (Å²) < 4.78 is 6.49. The Morgan fingerprint density at radius 3 is 2.52 bits per heavy atom. The number of hydrogen-bond acceptors (Lipinski definition) is 5. The van der Waals surface area contributed by atoms with Gasteiger partial charge in [-0.2, -0.15) is 10.4 Å². The van der Waals surface area contributed by atoms with Crippen LogP contribution in [0.2, 0.25) is 0 Å². The third-order valence-corrected chi connectivity index (χ3v) is 3.15. The number of nitriles is 1. The van der Waals surface area contributed by atoms with E-state index in [2.05, 4.69) is 5.10 Å². The molecule has 1 rings (SSSR count). The number of ether oxygens (including phenoxy) is 1. The molecule has 0 unspecified atom stereocenters. The summed E-state index contributed by atoms with van der Waals surface area (Å²) in [6.07, 6.45) is 0.402. The fourth-order valence-electron chi connectivity index (χ4n) is 2.11. The van der Waals surface area contributed by atoms with Gasteiger partial charge in [-0.1, -0.05) is 13.8 Å². The molecule has 0 spiro atoms. The largest absolute Gasteiger partial charge is 0.389 e. The normalized spacial score (nSPS) is 12.4. The zero-order chi connectivity index (χ0) is 16.0. The van der Waals surface area contributed by atoms with Crippen LogP contribution in [0.25, 0.3) is 0 Å². The van der Waals surface area contributed by atoms with Crippen LogP contribution in [0.1, 0.15) is 44.5 Å². The Morgan fingerprint density at radius 1 is 1.38 bits per heavy atom. The Labute approximate surface area is 125 Å². The number of nitrogens with zero attached hydrogens (tertiary/aromatic N) is 3. The molecule has 1 N–H and O–H groups in total. The summed E-state index contributed by atoms with van der Waals surface area (Å²) in [4.78, 5) is 12.2. The Morgan fingerprint density at radius 2 is 2.05 bits per heavy atom. The number of aromatic nitrogens is 2. The van der Waals surface area contributed by atoms with Crippen molar-refractivity contribution in [2.45, 2.75) is 59.3 Å². The lowest BCUT2D eigenvalue weighted by molar-refractivity contribution is -0.00266. The molecule has 0 aliphatic rings. The lowest BCUT2D eigenvalue weighted by atomic mass is 10.0. The van der Waals surface area contributed by atoms with E-state index in [1.165, 1.54) is 4.68 Å². The molecule has 0 aromatic carbocycles. The van der Waals surface area contributed by atoms with E-state index in [-0.39, 0.29) is 24.8 Å². The number of aliphatic hydroxyl groups is 1. The van der Waals surface area contributed by atoms with E-state index in [4.69, 9.17) is 4.74 Å². The molecule has 0 fully saturated rings. The van der Waals surface area contributed by atoms with Gasteiger partial charge in [0.25, 0.3) is 5.56 Å². The van der Waals surface area contributed by atoms with E-state index in [1.807, 2.05) is 33.8 Å². The minimum Gasteiger partial charge on any atom is -0.389 e. The average Bonchev–Trinajstić information content (AvgIpc) is 2.46. The van der Waals surface area contributed by atoms with Crippen LogP contribution in [0.3, 0.4) is 0 Å². The molecule has 0 aliphatic heterocycles. The Kier molecular flexibility index (Phi) is 6.53. The Bertz CT molecular complexity index is 573. The van der Waals surface area contributed by atoms with Crippen LogP contribution in [-0.4, -0.2) is 33.7 Å². The summed E-state index contributed by atoms with van der Waals surface area (Å²) in [7, 11) is 0. The van der Waals surface area contributed by atoms with Crippen LogP contribution >= 0.6 is 0 Å². The molecule has 0 saturated carbocycles. The highest BCUT2D eigenvalue weighted by molar-refractivity contribution is 5.37. The summed E-state index contributed by atoms with van der Waals surface area (Å²) in [5.41, 5.74) is 1.11. The second-order valence-corrected chi connectivity index (χ2v) is 5.14. The first-order valence-electron chi connectivity index (χ1n) is 7.27. The maximum atomic E-state index is 12.2. The maximum absolute atomic E-state index is 12.2. The molecule has 6 heteroatoms. The molecule has 0 radical (unpaired) electrons. The highest BCUT2D eigenvalue weighted by Crippen LogP contribution is 2.10. The van der Waals surface area contributed by atoms with Gasteiger partial charge in [0.1, 0.15) is 11.6 Å². The topological polar surface area (TPSA) is 88.1 Å². The van der Waals surface area contributed by atoms with Crippen molar-refractivity contribution < 1.29 is 9.84 Å². The molecule has 1 aromatic rings. The lowest BCUT2D eigenvalue weighted by Crippen LogP contribution is -2.34. The van der Waals surface area contributed by atoms with Crippen molar-refractivity contribution in [3.05, 3.63) is 27.2 Å². The van der Waals surface area contributed by atoms with Crippen LogP contribution in [0.4, 0.5) is 0 Å². The summed E-state index contributed by atoms with van der Waals surface area (Å²) >= 11 is 0. The van der Waals surface area contributed by atoms with E-state index in [9.17, 15) is 15.2 Å². The molecular weight excluding hydrogens is 270 g/mol. The van der Waals surface area contributed by atoms with Crippen molar-refractivity contribution in [1.29, 1.82) is 5.26 Å². The minimum atomic E-state index is -0.832. The van der Waals surface area contributed by atoms with Gasteiger partial charge in [-0.25, -0.2) is 4.68 Å². The van der Waals surface area contributed by atoms with Gasteiger partial charge in [-0.05, 0) is 32.3 Å². The fourth-order valence-corrected chi connectivity index (χ4v) is 2.11. The molecular formula is C15H23N3O3. The predicted octanol–water partition coefficient (Wildman–Crippen LogP) is 1.03. The summed E-state index contributed by atoms with van der Waals surface area (Å²) in [5.74, 6) is 0. The summed E-state index contributed by atoms with van der Waals surface area (Å²) in [5, 5.41) is 23.4. The molecule has 1 aromatic heterocycles. The van der Waals surface area contributed by atoms with Gasteiger partial charge in [-0.3, -0.25) is 4.79 Å². The smallest absolute Gasteiger partial charge is 0.285 e. The molecule has 0 amide bonds. The van der Waals surface area contributed by atoms with Crippen molar-refractivity contribution >= 4 is 0 Å². The van der Waals surface area contributed by atoms with Gasteiger partial charge in [0.15, 0.2) is 0 Å². The molecule has 116 valence electrons. The van der Waals surface area contributed by atoms with Crippen LogP contribution in [0.15, 0.2) is 4.79 Å². The number of aryl methyl sites for hydroxylation is 1. The monoisotopic (exact) mass is 293 g/mol. The third kappa shape index (κ3) is 4.38. The minimum absolute atomic E-state index is 0.00710. The summed E-state index contributed by atoms with van der Waals surface area (Å²) in [6, 6.07) is 1.97. The summed E-state index contributed by atoms with van der Waals surface area (Å²) in [6.45, 7) is 7.72. The fraction of sp³-hybridized carbons (Fsp3) is 0.667. The van der Waals surface area contributed by atoms with E-state index in [0.29, 0.717) is 18.4 Å². The number of hydrogen-bond donors (Lipinski definition) is 1. The lowest BCUT2D eigenvalue weighted by Gasteiger charge is -2.16. The molecule has 6 nitrogen and oxygen atoms in total. The second-order valence-electron chi connectivity index (χ2n) is 5.14. The van der Waals surface area contributed by atoms with E-state index in [1.54, 1.807) is 0 Å². The molecule has 21 heavy (non-hydrogen) atoms. The molecule has 0 bridgehead atoms. The molecule has 0 saturated heterocycles. The van der Waals surface area contributed by atoms with Gasteiger partial charge >= 0.3 is 0 Å². The highest BCUT2D eigenvalue weighted by Gasteiger charge is 2.17. The van der Waals surface area contributed by atoms with Crippen LogP contribution in [0, 0.1) is 11.3 Å². The van der Waals surface area contributed by atoms with Gasteiger partial charge in [-0.15, -0.1) is 0 Å². The first kappa shape index (κ1) is 17.3. The average molecular weight is 293 g/mol. The van der Waals surface area contributed by atoms with Gasteiger partial charge in [0, 0.05) is 0 Å². The van der Waals surface area contributed by atoms with Crippen molar-refractivity contribution in [2.24, 2.45) is 0 Å². The maximum Gasteiger partial charge on any atom is 0.285 e. The van der Waals surface area contributed by atoms with E-state index < -0.39 is 11.7 Å². The SMILES string of the molecule is CCc1nn(C[C@H](O)COC(C)C)c(=O)c(C#N)c1CC. The van der Waals surface area contributed by atoms with Gasteiger partial charge in [0.2, 0.25) is 0 Å². The van der Waals surface area contributed by atoms with E-state index >= 15 is 0 Å². The Balaban J connectivity index is 3.09. The molecule has 1 atom stereocenters. The quantitative estimate of drug-likeness (QED) is 0.811. The number of aliphatic hydroxyl groups excluding tert-OH is 1. The standard InChI is InChI=1S/C15H23N3O3/c1-5-12-13(7-16)15(20)18(17-14(12)6-2)8-11(19)9-21-10(3)4/h10-11,19H,5-6,8-9H2,1-4H3/t11-/m0/s1. The van der Waals surface area contributed by atoms with Gasteiger partial charge < -0.3 is 9.84 Å². The van der Waals surface area contributed by atoms with Crippen LogP contribution in [0.5, 0.6) is 0 Å². The van der Waals surface area contributed by atoms with Crippen LogP contribution in [-0.2, 0) is 24.1 Å². The first-order chi connectivity index (χ1) is 9.94. The predicted molar refractivity (Wildman–Crippen MR) is 79.1 cm³/mol. The zero-order valence-corrected chi connectivity index (χ0v) is 13.1. The van der Waals surface area contributed by atoms with Crippen molar-refractivity contribution in [1.82, 2.24) is 9.78 Å². The highest BCUT2D eigenvalue weighted by atomic mass is 16.5. The van der Waals surface area contributed by atoms with E-state index in [0.717, 1.165) is 5.69 Å². The van der Waals surface area contributed by atoms with Crippen molar-refractivity contribution in [2.75, 3.05) is 6.61 Å². The first-order valence-corrected chi connectivity index (χ1v) is 7.27. The zero-order valence-electron chi connectivity index (χ0n) is 13.1. The van der Waals surface area contributed by atoms with Crippen molar-refractivity contribution in [3.8, 4) is 6.07 Å². The van der Waals surface area contributed by atoms with Crippen molar-refractivity contribution in [3.63, 3.8) is 0 Å². The van der Waals surface area contributed by atoms with Gasteiger partial charge in [0.05, 0.1) is 31.1 Å². The molecule has 0 aliphatic carbocycles. The molecule has 1 heterocycles. The van der Waals surface area contributed by atoms with Crippen LogP contribution < -0.4 is 5.56 Å². The number of rotatable bonds is 7.